The maximum absolute atomic E-state index is 12.6. The van der Waals surface area contributed by atoms with Gasteiger partial charge in [0, 0.05) is 4.88 Å². The molecule has 0 saturated carbocycles. The normalized spacial score (nSPS) is 14.2. The SMILES string of the molecule is O=c1c2c3c(sc2[nH]c(=S)n1CCOCC(F)F)CCC3. The van der Waals surface area contributed by atoms with Crippen molar-refractivity contribution in [2.24, 2.45) is 0 Å². The quantitative estimate of drug-likeness (QED) is 0.676. The molecule has 1 aliphatic rings. The predicted octanol–water partition coefficient (Wildman–Crippen LogP) is 2.89. The van der Waals surface area contributed by atoms with E-state index in [-0.39, 0.29) is 18.7 Å². The molecule has 114 valence electrons. The monoisotopic (exact) mass is 332 g/mol. The Kier molecular flexibility index (Phi) is 4.19. The number of alkyl halides is 2. The van der Waals surface area contributed by atoms with Gasteiger partial charge in [-0.05, 0) is 37.0 Å². The fraction of sp³-hybridized carbons (Fsp3) is 0.538. The van der Waals surface area contributed by atoms with Gasteiger partial charge in [0.05, 0.1) is 18.5 Å². The highest BCUT2D eigenvalue weighted by atomic mass is 32.1. The van der Waals surface area contributed by atoms with E-state index in [9.17, 15) is 13.6 Å². The molecule has 0 bridgehead atoms. The first-order valence-corrected chi connectivity index (χ1v) is 7.93. The van der Waals surface area contributed by atoms with E-state index in [0.717, 1.165) is 29.7 Å². The third-order valence-electron chi connectivity index (χ3n) is 3.55. The van der Waals surface area contributed by atoms with Crippen LogP contribution in [0.1, 0.15) is 16.9 Å². The van der Waals surface area contributed by atoms with E-state index < -0.39 is 13.0 Å². The van der Waals surface area contributed by atoms with Crippen LogP contribution >= 0.6 is 23.6 Å². The first-order valence-electron chi connectivity index (χ1n) is 6.71. The number of H-pyrrole nitrogens is 1. The maximum Gasteiger partial charge on any atom is 0.263 e. The van der Waals surface area contributed by atoms with Crippen LogP contribution in [-0.4, -0.2) is 29.2 Å². The number of ether oxygens (including phenoxy) is 1. The lowest BCUT2D eigenvalue weighted by molar-refractivity contribution is 0.0144. The summed E-state index contributed by atoms with van der Waals surface area (Å²) in [5.74, 6) is 0. The van der Waals surface area contributed by atoms with Crippen molar-refractivity contribution in [3.05, 3.63) is 25.6 Å². The molecular formula is C13H14F2N2O2S2. The predicted molar refractivity (Wildman–Crippen MR) is 80.1 cm³/mol. The number of rotatable bonds is 5. The number of aromatic amines is 1. The molecule has 0 amide bonds. The molecule has 2 aromatic heterocycles. The summed E-state index contributed by atoms with van der Waals surface area (Å²) in [7, 11) is 0. The first kappa shape index (κ1) is 14.8. The van der Waals surface area contributed by atoms with E-state index in [2.05, 4.69) is 4.98 Å². The van der Waals surface area contributed by atoms with Crippen LogP contribution in [0.2, 0.25) is 0 Å². The highest BCUT2D eigenvalue weighted by Gasteiger charge is 2.21. The minimum absolute atomic E-state index is 0.0412. The summed E-state index contributed by atoms with van der Waals surface area (Å²) in [6.07, 6.45) is 0.492. The number of nitrogens with zero attached hydrogens (tertiary/aromatic N) is 1. The largest absolute Gasteiger partial charge is 0.374 e. The lowest BCUT2D eigenvalue weighted by Gasteiger charge is -2.07. The van der Waals surface area contributed by atoms with E-state index in [4.69, 9.17) is 17.0 Å². The molecule has 8 heteroatoms. The molecule has 2 aromatic rings. The summed E-state index contributed by atoms with van der Waals surface area (Å²) in [6.45, 7) is -0.400. The lowest BCUT2D eigenvalue weighted by atomic mass is 10.2. The van der Waals surface area contributed by atoms with Gasteiger partial charge in [0.1, 0.15) is 11.4 Å². The Bertz CT molecular complexity index is 779. The average Bonchev–Trinajstić information content (AvgIpc) is 2.96. The van der Waals surface area contributed by atoms with Gasteiger partial charge in [-0.2, -0.15) is 0 Å². The summed E-state index contributed by atoms with van der Waals surface area (Å²) in [5.41, 5.74) is 0.974. The summed E-state index contributed by atoms with van der Waals surface area (Å²) in [5, 5.41) is 0.704. The molecule has 0 aliphatic heterocycles. The first-order chi connectivity index (χ1) is 10.1. The number of halogens is 2. The van der Waals surface area contributed by atoms with Gasteiger partial charge in [-0.1, -0.05) is 0 Å². The Morgan fingerprint density at radius 3 is 3.00 bits per heavy atom. The average molecular weight is 332 g/mol. The second kappa shape index (κ2) is 5.94. The van der Waals surface area contributed by atoms with Crippen LogP contribution in [0.15, 0.2) is 4.79 Å². The minimum atomic E-state index is -2.50. The highest BCUT2D eigenvalue weighted by molar-refractivity contribution is 7.71. The van der Waals surface area contributed by atoms with Crippen molar-refractivity contribution in [3.63, 3.8) is 0 Å². The van der Waals surface area contributed by atoms with Crippen LogP contribution in [0.3, 0.4) is 0 Å². The fourth-order valence-corrected chi connectivity index (χ4v) is 4.26. The molecule has 4 nitrogen and oxygen atoms in total. The van der Waals surface area contributed by atoms with Gasteiger partial charge in [0.2, 0.25) is 0 Å². The molecule has 1 N–H and O–H groups in total. The van der Waals surface area contributed by atoms with E-state index in [1.165, 1.54) is 9.44 Å². The van der Waals surface area contributed by atoms with Gasteiger partial charge in [-0.3, -0.25) is 9.36 Å². The molecule has 0 aromatic carbocycles. The molecule has 0 spiro atoms. The molecule has 21 heavy (non-hydrogen) atoms. The van der Waals surface area contributed by atoms with Crippen LogP contribution in [0, 0.1) is 4.77 Å². The zero-order valence-corrected chi connectivity index (χ0v) is 12.8. The third kappa shape index (κ3) is 2.79. The molecule has 0 unspecified atom stereocenters. The van der Waals surface area contributed by atoms with Crippen molar-refractivity contribution in [1.82, 2.24) is 9.55 Å². The second-order valence-electron chi connectivity index (χ2n) is 4.91. The van der Waals surface area contributed by atoms with Crippen molar-refractivity contribution in [2.45, 2.75) is 32.2 Å². The van der Waals surface area contributed by atoms with Gasteiger partial charge >= 0.3 is 0 Å². The van der Waals surface area contributed by atoms with Gasteiger partial charge in [-0.25, -0.2) is 8.78 Å². The number of hydrogen-bond donors (Lipinski definition) is 1. The van der Waals surface area contributed by atoms with Crippen molar-refractivity contribution < 1.29 is 13.5 Å². The van der Waals surface area contributed by atoms with Gasteiger partial charge in [0.25, 0.3) is 12.0 Å². The number of hydrogen-bond acceptors (Lipinski definition) is 4. The summed E-state index contributed by atoms with van der Waals surface area (Å²) >= 11 is 6.77. The molecule has 0 saturated heterocycles. The Hall–Kier alpha value is -1.12. The van der Waals surface area contributed by atoms with Crippen LogP contribution < -0.4 is 5.56 Å². The van der Waals surface area contributed by atoms with Gasteiger partial charge < -0.3 is 9.72 Å². The zero-order valence-electron chi connectivity index (χ0n) is 11.2. The maximum atomic E-state index is 12.6. The number of aromatic nitrogens is 2. The third-order valence-corrected chi connectivity index (χ3v) is 5.08. The summed E-state index contributed by atoms with van der Waals surface area (Å²) in [4.78, 5) is 17.7. The Balaban J connectivity index is 1.92. The molecule has 3 rings (SSSR count). The number of aryl methyl sites for hydroxylation is 2. The molecule has 0 fully saturated rings. The Morgan fingerprint density at radius 1 is 1.43 bits per heavy atom. The minimum Gasteiger partial charge on any atom is -0.374 e. The van der Waals surface area contributed by atoms with Crippen LogP contribution in [0.4, 0.5) is 8.78 Å². The Labute approximate surface area is 128 Å². The van der Waals surface area contributed by atoms with E-state index in [0.29, 0.717) is 10.2 Å². The molecule has 1 aliphatic carbocycles. The fourth-order valence-electron chi connectivity index (χ4n) is 2.64. The van der Waals surface area contributed by atoms with Gasteiger partial charge in [-0.15, -0.1) is 11.3 Å². The molecule has 0 atom stereocenters. The van der Waals surface area contributed by atoms with Crippen LogP contribution in [0.5, 0.6) is 0 Å². The van der Waals surface area contributed by atoms with Crippen LogP contribution in [-0.2, 0) is 24.1 Å². The Morgan fingerprint density at radius 2 is 2.24 bits per heavy atom. The van der Waals surface area contributed by atoms with E-state index in [1.807, 2.05) is 0 Å². The molecule has 2 heterocycles. The van der Waals surface area contributed by atoms with E-state index >= 15 is 0 Å². The summed E-state index contributed by atoms with van der Waals surface area (Å²) < 4.78 is 30.6. The highest BCUT2D eigenvalue weighted by Crippen LogP contribution is 2.34. The smallest absolute Gasteiger partial charge is 0.263 e. The van der Waals surface area contributed by atoms with E-state index in [1.54, 1.807) is 11.3 Å². The van der Waals surface area contributed by atoms with Crippen molar-refractivity contribution >= 4 is 33.8 Å². The number of fused-ring (bicyclic) bond motifs is 3. The topological polar surface area (TPSA) is 47.0 Å². The van der Waals surface area contributed by atoms with Crippen LogP contribution in [0.25, 0.3) is 10.2 Å². The van der Waals surface area contributed by atoms with Crippen molar-refractivity contribution in [3.8, 4) is 0 Å². The second-order valence-corrected chi connectivity index (χ2v) is 6.41. The summed E-state index contributed by atoms with van der Waals surface area (Å²) in [6, 6.07) is 0. The zero-order chi connectivity index (χ0) is 15.0. The number of thiophene rings is 1. The lowest BCUT2D eigenvalue weighted by Crippen LogP contribution is -2.25. The van der Waals surface area contributed by atoms with Gasteiger partial charge in [0.15, 0.2) is 4.77 Å². The van der Waals surface area contributed by atoms with Crippen molar-refractivity contribution in [2.75, 3.05) is 13.2 Å². The number of nitrogens with one attached hydrogen (secondary N) is 1. The molecular weight excluding hydrogens is 318 g/mol. The van der Waals surface area contributed by atoms with Crippen molar-refractivity contribution in [1.29, 1.82) is 0 Å². The molecule has 0 radical (unpaired) electrons. The standard InChI is InChI=1S/C13H14F2N2O2S2/c14-9(15)6-19-5-4-17-12(18)10-7-2-1-3-8(7)21-11(10)16-13(17)20/h9H,1-6H2,(H,16,20).